The second-order valence-electron chi connectivity index (χ2n) is 10.6. The summed E-state index contributed by atoms with van der Waals surface area (Å²) in [6.07, 6.45) is 9.78. The minimum atomic E-state index is -0.543. The smallest absolute Gasteiger partial charge is 0.264 e. The molecule has 0 spiro atoms. The van der Waals surface area contributed by atoms with Gasteiger partial charge in [-0.05, 0) is 48.2 Å². The number of aliphatic hydroxyl groups is 1. The molecule has 1 aliphatic rings. The first-order valence-corrected chi connectivity index (χ1v) is 13.3. The van der Waals surface area contributed by atoms with Crippen molar-refractivity contribution in [3.05, 3.63) is 92.6 Å². The number of nitrogens with zero attached hydrogens (tertiary/aromatic N) is 5. The number of rotatable bonds is 9. The van der Waals surface area contributed by atoms with Crippen LogP contribution in [0.5, 0.6) is 0 Å². The standard InChI is InChI=1S/C29H33ClN6O4/c1-29(2,19-37)18-34(3)26(38)17-35-25-6-4-5-23(36-32-13-14-33-36)12-9-21(25)15-24(28(35)40)27(39)31-16-20-7-10-22(30)11-8-20/h5,7-15,37H,4,6,16-19H2,1-3H3,(H,31,39). The van der Waals surface area contributed by atoms with Crippen LogP contribution >= 0.6 is 11.6 Å². The van der Waals surface area contributed by atoms with Gasteiger partial charge in [0, 0.05) is 42.9 Å². The van der Waals surface area contributed by atoms with Crippen LogP contribution < -0.4 is 10.9 Å². The summed E-state index contributed by atoms with van der Waals surface area (Å²) in [6, 6.07) is 8.62. The van der Waals surface area contributed by atoms with Crippen molar-refractivity contribution in [1.29, 1.82) is 0 Å². The zero-order valence-corrected chi connectivity index (χ0v) is 23.6. The molecular weight excluding hydrogens is 532 g/mol. The zero-order valence-electron chi connectivity index (χ0n) is 22.8. The van der Waals surface area contributed by atoms with Crippen LogP contribution in [0.2, 0.25) is 5.02 Å². The van der Waals surface area contributed by atoms with Gasteiger partial charge in [0.25, 0.3) is 11.5 Å². The van der Waals surface area contributed by atoms with Gasteiger partial charge in [0.15, 0.2) is 0 Å². The number of benzene rings is 1. The van der Waals surface area contributed by atoms with Crippen LogP contribution in [0.25, 0.3) is 11.8 Å². The average Bonchev–Trinajstić information content (AvgIpc) is 3.45. The highest BCUT2D eigenvalue weighted by Crippen LogP contribution is 2.21. The SMILES string of the molecule is CN(CC(C)(C)CO)C(=O)Cn1c2c(cc(C(=O)NCc3ccc(Cl)cc3)c1=O)C=CC(n1nccn1)=CCC2. The number of allylic oxidation sites excluding steroid dienone is 3. The van der Waals surface area contributed by atoms with E-state index in [0.717, 1.165) is 11.3 Å². The summed E-state index contributed by atoms with van der Waals surface area (Å²) < 4.78 is 1.40. The number of amides is 2. The maximum absolute atomic E-state index is 13.7. The van der Waals surface area contributed by atoms with E-state index in [1.807, 2.05) is 26.0 Å². The first-order chi connectivity index (χ1) is 19.1. The van der Waals surface area contributed by atoms with Crippen molar-refractivity contribution < 1.29 is 14.7 Å². The molecule has 10 nitrogen and oxygen atoms in total. The molecule has 0 atom stereocenters. The highest BCUT2D eigenvalue weighted by molar-refractivity contribution is 6.30. The fourth-order valence-corrected chi connectivity index (χ4v) is 4.62. The van der Waals surface area contributed by atoms with Crippen molar-refractivity contribution in [2.45, 2.75) is 39.8 Å². The number of aliphatic hydroxyl groups excluding tert-OH is 1. The van der Waals surface area contributed by atoms with Crippen molar-refractivity contribution in [3.8, 4) is 0 Å². The van der Waals surface area contributed by atoms with Crippen LogP contribution in [0.4, 0.5) is 0 Å². The zero-order chi connectivity index (χ0) is 28.9. The minimum absolute atomic E-state index is 0.0631. The summed E-state index contributed by atoms with van der Waals surface area (Å²) in [7, 11) is 1.64. The maximum Gasteiger partial charge on any atom is 0.264 e. The molecule has 3 aromatic rings. The molecule has 0 radical (unpaired) electrons. The second kappa shape index (κ2) is 12.4. The summed E-state index contributed by atoms with van der Waals surface area (Å²) in [5, 5.41) is 21.4. The van der Waals surface area contributed by atoms with Crippen LogP contribution in [-0.2, 0) is 24.3 Å². The lowest BCUT2D eigenvalue weighted by Crippen LogP contribution is -2.42. The Kier molecular flexibility index (Phi) is 9.01. The molecule has 2 N–H and O–H groups in total. The average molecular weight is 565 g/mol. The number of aromatic nitrogens is 4. The van der Waals surface area contributed by atoms with Crippen molar-refractivity contribution in [1.82, 2.24) is 29.8 Å². The van der Waals surface area contributed by atoms with E-state index >= 15 is 0 Å². The number of pyridine rings is 1. The lowest BCUT2D eigenvalue weighted by Gasteiger charge is -2.29. The van der Waals surface area contributed by atoms with E-state index in [1.54, 1.807) is 55.8 Å². The highest BCUT2D eigenvalue weighted by Gasteiger charge is 2.25. The Morgan fingerprint density at radius 3 is 2.52 bits per heavy atom. The molecule has 0 saturated heterocycles. The van der Waals surface area contributed by atoms with E-state index in [4.69, 9.17) is 11.6 Å². The van der Waals surface area contributed by atoms with Crippen molar-refractivity contribution in [2.75, 3.05) is 20.2 Å². The number of carbonyl (C=O) groups excluding carboxylic acids is 2. The van der Waals surface area contributed by atoms with Crippen molar-refractivity contribution in [2.24, 2.45) is 5.41 Å². The van der Waals surface area contributed by atoms with E-state index in [2.05, 4.69) is 15.5 Å². The molecule has 210 valence electrons. The molecule has 2 amide bonds. The molecular formula is C29H33ClN6O4. The van der Waals surface area contributed by atoms with Gasteiger partial charge in [-0.2, -0.15) is 15.0 Å². The van der Waals surface area contributed by atoms with E-state index in [-0.39, 0.29) is 31.2 Å². The van der Waals surface area contributed by atoms with Crippen LogP contribution in [0.1, 0.15) is 47.4 Å². The van der Waals surface area contributed by atoms with Crippen LogP contribution in [0.3, 0.4) is 0 Å². The number of carbonyl (C=O) groups is 2. The third-order valence-corrected chi connectivity index (χ3v) is 6.93. The number of halogens is 1. The summed E-state index contributed by atoms with van der Waals surface area (Å²) in [4.78, 5) is 43.2. The normalized spacial score (nSPS) is 13.2. The Bertz CT molecular complexity index is 1490. The van der Waals surface area contributed by atoms with Gasteiger partial charge in [0.05, 0.1) is 18.1 Å². The Morgan fingerprint density at radius 2 is 1.85 bits per heavy atom. The summed E-state index contributed by atoms with van der Waals surface area (Å²) in [5.74, 6) is -0.841. The molecule has 2 aromatic heterocycles. The minimum Gasteiger partial charge on any atom is -0.396 e. The van der Waals surface area contributed by atoms with Gasteiger partial charge in [-0.1, -0.05) is 49.7 Å². The number of hydrogen-bond donors (Lipinski definition) is 2. The molecule has 0 fully saturated rings. The highest BCUT2D eigenvalue weighted by atomic mass is 35.5. The number of hydrogen-bond acceptors (Lipinski definition) is 6. The Morgan fingerprint density at radius 1 is 1.15 bits per heavy atom. The third kappa shape index (κ3) is 6.94. The topological polar surface area (TPSA) is 122 Å². The third-order valence-electron chi connectivity index (χ3n) is 6.68. The fraction of sp³-hybridized carbons (Fsp3) is 0.345. The van der Waals surface area contributed by atoms with Gasteiger partial charge in [0.2, 0.25) is 5.91 Å². The van der Waals surface area contributed by atoms with E-state index in [0.29, 0.717) is 35.7 Å². The summed E-state index contributed by atoms with van der Waals surface area (Å²) >= 11 is 5.96. The fourth-order valence-electron chi connectivity index (χ4n) is 4.49. The Hall–Kier alpha value is -4.02. The molecule has 0 bridgehead atoms. The van der Waals surface area contributed by atoms with Gasteiger partial charge in [-0.25, -0.2) is 0 Å². The van der Waals surface area contributed by atoms with Gasteiger partial charge in [-0.15, -0.1) is 0 Å². The Balaban J connectivity index is 1.69. The van der Waals surface area contributed by atoms with Crippen LogP contribution in [-0.4, -0.2) is 61.6 Å². The summed E-state index contributed by atoms with van der Waals surface area (Å²) in [6.45, 7) is 3.90. The quantitative estimate of drug-likeness (QED) is 0.412. The van der Waals surface area contributed by atoms with Crippen LogP contribution in [0, 0.1) is 5.41 Å². The number of fused-ring (bicyclic) bond motifs is 1. The van der Waals surface area contributed by atoms with Crippen molar-refractivity contribution in [3.63, 3.8) is 0 Å². The lowest BCUT2D eigenvalue weighted by molar-refractivity contribution is -0.132. The molecule has 0 unspecified atom stereocenters. The maximum atomic E-state index is 13.7. The lowest BCUT2D eigenvalue weighted by atomic mass is 9.94. The molecule has 0 aliphatic heterocycles. The van der Waals surface area contributed by atoms with Crippen molar-refractivity contribution >= 4 is 35.2 Å². The Labute approximate surface area is 237 Å². The molecule has 4 rings (SSSR count). The van der Waals surface area contributed by atoms with E-state index < -0.39 is 16.9 Å². The first-order valence-electron chi connectivity index (χ1n) is 13.0. The largest absolute Gasteiger partial charge is 0.396 e. The molecule has 1 aromatic carbocycles. The van der Waals surface area contributed by atoms with Crippen LogP contribution in [0.15, 0.2) is 59.7 Å². The first kappa shape index (κ1) is 29.0. The predicted octanol–water partition coefficient (Wildman–Crippen LogP) is 3.00. The van der Waals surface area contributed by atoms with E-state index in [9.17, 15) is 19.5 Å². The molecule has 1 aliphatic carbocycles. The van der Waals surface area contributed by atoms with Gasteiger partial charge >= 0.3 is 0 Å². The number of nitrogens with one attached hydrogen (secondary N) is 1. The molecule has 0 saturated carbocycles. The van der Waals surface area contributed by atoms with E-state index in [1.165, 1.54) is 14.3 Å². The second-order valence-corrected chi connectivity index (χ2v) is 11.0. The summed E-state index contributed by atoms with van der Waals surface area (Å²) in [5.41, 5.74) is 1.79. The monoisotopic (exact) mass is 564 g/mol. The van der Waals surface area contributed by atoms with Gasteiger partial charge in [-0.3, -0.25) is 14.4 Å². The van der Waals surface area contributed by atoms with Gasteiger partial charge in [0.1, 0.15) is 12.1 Å². The molecule has 11 heteroatoms. The molecule has 2 heterocycles. The molecule has 40 heavy (non-hydrogen) atoms. The predicted molar refractivity (Wildman–Crippen MR) is 153 cm³/mol. The number of likely N-dealkylation sites (N-methyl/N-ethyl adjacent to an activating group) is 1. The van der Waals surface area contributed by atoms with Gasteiger partial charge < -0.3 is 19.9 Å².